The fourth-order valence-corrected chi connectivity index (χ4v) is 2.40. The molecule has 2 heteroatoms. The summed E-state index contributed by atoms with van der Waals surface area (Å²) < 4.78 is 1.28. The molecular formula is C7H9BrS. The van der Waals surface area contributed by atoms with Gasteiger partial charge in [-0.15, -0.1) is 11.3 Å². The SMILES string of the molecule is Cc1sc(C)c(Br)c1C. The molecule has 1 rings (SSSR count). The van der Waals surface area contributed by atoms with Gasteiger partial charge in [0.05, 0.1) is 0 Å². The molecule has 1 aromatic heterocycles. The van der Waals surface area contributed by atoms with Crippen LogP contribution >= 0.6 is 27.3 Å². The zero-order valence-electron chi connectivity index (χ0n) is 5.79. The lowest BCUT2D eigenvalue weighted by molar-refractivity contribution is 1.39. The van der Waals surface area contributed by atoms with Gasteiger partial charge in [0.1, 0.15) is 0 Å². The van der Waals surface area contributed by atoms with E-state index in [0.717, 1.165) is 0 Å². The first-order valence-electron chi connectivity index (χ1n) is 2.85. The molecule has 0 bridgehead atoms. The maximum absolute atomic E-state index is 3.51. The lowest BCUT2D eigenvalue weighted by Gasteiger charge is -1.86. The molecule has 50 valence electrons. The van der Waals surface area contributed by atoms with Gasteiger partial charge in [-0.2, -0.15) is 0 Å². The van der Waals surface area contributed by atoms with Gasteiger partial charge in [0.15, 0.2) is 0 Å². The molecule has 1 aromatic rings. The third-order valence-corrected chi connectivity index (χ3v) is 4.05. The van der Waals surface area contributed by atoms with Crippen LogP contribution in [0.4, 0.5) is 0 Å². The van der Waals surface area contributed by atoms with Gasteiger partial charge >= 0.3 is 0 Å². The summed E-state index contributed by atoms with van der Waals surface area (Å²) in [6.45, 7) is 6.43. The van der Waals surface area contributed by atoms with Crippen molar-refractivity contribution >= 4 is 27.3 Å². The summed E-state index contributed by atoms with van der Waals surface area (Å²) in [5.74, 6) is 0. The third kappa shape index (κ3) is 1.19. The van der Waals surface area contributed by atoms with E-state index in [1.54, 1.807) is 0 Å². The standard InChI is InChI=1S/C7H9BrS/c1-4-5(2)9-6(3)7(4)8/h1-3H3. The van der Waals surface area contributed by atoms with Crippen molar-refractivity contribution < 1.29 is 0 Å². The molecule has 0 aliphatic heterocycles. The molecule has 0 atom stereocenters. The summed E-state index contributed by atoms with van der Waals surface area (Å²) in [7, 11) is 0. The van der Waals surface area contributed by atoms with E-state index in [1.807, 2.05) is 11.3 Å². The van der Waals surface area contributed by atoms with Crippen molar-refractivity contribution in [3.63, 3.8) is 0 Å². The smallest absolute Gasteiger partial charge is 0.0343 e. The quantitative estimate of drug-likeness (QED) is 0.608. The molecule has 0 saturated carbocycles. The predicted molar refractivity (Wildman–Crippen MR) is 46.2 cm³/mol. The monoisotopic (exact) mass is 204 g/mol. The van der Waals surface area contributed by atoms with Crippen LogP contribution in [0.25, 0.3) is 0 Å². The number of hydrogen-bond donors (Lipinski definition) is 0. The Hall–Kier alpha value is 0.180. The first kappa shape index (κ1) is 7.29. The Balaban J connectivity index is 3.29. The van der Waals surface area contributed by atoms with E-state index in [0.29, 0.717) is 0 Å². The average molecular weight is 205 g/mol. The van der Waals surface area contributed by atoms with Crippen molar-refractivity contribution in [3.05, 3.63) is 19.8 Å². The van der Waals surface area contributed by atoms with E-state index < -0.39 is 0 Å². The summed E-state index contributed by atoms with van der Waals surface area (Å²) in [4.78, 5) is 2.80. The Morgan fingerprint density at radius 2 is 1.67 bits per heavy atom. The molecule has 0 amide bonds. The molecule has 1 heterocycles. The van der Waals surface area contributed by atoms with Gasteiger partial charge in [0.25, 0.3) is 0 Å². The highest BCUT2D eigenvalue weighted by Crippen LogP contribution is 2.30. The Bertz CT molecular complexity index is 203. The minimum absolute atomic E-state index is 1.28. The molecule has 9 heavy (non-hydrogen) atoms. The van der Waals surface area contributed by atoms with Gasteiger partial charge in [0, 0.05) is 14.2 Å². The highest BCUT2D eigenvalue weighted by molar-refractivity contribution is 9.10. The Kier molecular flexibility index (Phi) is 1.97. The first-order chi connectivity index (χ1) is 4.13. The van der Waals surface area contributed by atoms with Gasteiger partial charge in [-0.25, -0.2) is 0 Å². The highest BCUT2D eigenvalue weighted by Gasteiger charge is 2.03. The third-order valence-electron chi connectivity index (χ3n) is 1.47. The van der Waals surface area contributed by atoms with Crippen LogP contribution in [0.1, 0.15) is 15.3 Å². The van der Waals surface area contributed by atoms with Crippen molar-refractivity contribution in [2.45, 2.75) is 20.8 Å². The number of halogens is 1. The van der Waals surface area contributed by atoms with Crippen LogP contribution in [-0.4, -0.2) is 0 Å². The lowest BCUT2D eigenvalue weighted by Crippen LogP contribution is -1.68. The second-order valence-electron chi connectivity index (χ2n) is 2.15. The zero-order chi connectivity index (χ0) is 7.02. The first-order valence-corrected chi connectivity index (χ1v) is 4.46. The normalized spacial score (nSPS) is 10.2. The van der Waals surface area contributed by atoms with E-state index >= 15 is 0 Å². The average Bonchev–Trinajstić information content (AvgIpc) is 1.98. The molecule has 0 fully saturated rings. The predicted octanol–water partition coefficient (Wildman–Crippen LogP) is 3.44. The van der Waals surface area contributed by atoms with Gasteiger partial charge in [-0.1, -0.05) is 0 Å². The molecule has 0 N–H and O–H groups in total. The van der Waals surface area contributed by atoms with Crippen LogP contribution in [0.3, 0.4) is 0 Å². The maximum atomic E-state index is 3.51. The minimum Gasteiger partial charge on any atom is -0.145 e. The fourth-order valence-electron chi connectivity index (χ4n) is 0.770. The lowest BCUT2D eigenvalue weighted by atomic mass is 10.3. The van der Waals surface area contributed by atoms with Gasteiger partial charge in [-0.05, 0) is 42.3 Å². The van der Waals surface area contributed by atoms with E-state index in [9.17, 15) is 0 Å². The molecule has 0 aliphatic carbocycles. The highest BCUT2D eigenvalue weighted by atomic mass is 79.9. The van der Waals surface area contributed by atoms with E-state index in [4.69, 9.17) is 0 Å². The number of hydrogen-bond acceptors (Lipinski definition) is 1. The van der Waals surface area contributed by atoms with Crippen LogP contribution in [-0.2, 0) is 0 Å². The van der Waals surface area contributed by atoms with Crippen LogP contribution < -0.4 is 0 Å². The van der Waals surface area contributed by atoms with Gasteiger partial charge < -0.3 is 0 Å². The summed E-state index contributed by atoms with van der Waals surface area (Å²) in [5.41, 5.74) is 1.39. The molecule has 0 radical (unpaired) electrons. The Morgan fingerprint density at radius 1 is 1.11 bits per heavy atom. The molecular weight excluding hydrogens is 196 g/mol. The molecule has 0 aromatic carbocycles. The maximum Gasteiger partial charge on any atom is 0.0343 e. The second kappa shape index (κ2) is 2.43. The van der Waals surface area contributed by atoms with Crippen molar-refractivity contribution in [2.24, 2.45) is 0 Å². The van der Waals surface area contributed by atoms with Crippen molar-refractivity contribution in [2.75, 3.05) is 0 Å². The number of thiophene rings is 1. The van der Waals surface area contributed by atoms with E-state index in [-0.39, 0.29) is 0 Å². The molecule has 0 spiro atoms. The fraction of sp³-hybridized carbons (Fsp3) is 0.429. The second-order valence-corrected chi connectivity index (χ2v) is 4.38. The van der Waals surface area contributed by atoms with E-state index in [2.05, 4.69) is 36.7 Å². The molecule has 0 unspecified atom stereocenters. The zero-order valence-corrected chi connectivity index (χ0v) is 8.19. The summed E-state index contributed by atoms with van der Waals surface area (Å²) in [6, 6.07) is 0. The Morgan fingerprint density at radius 3 is 1.78 bits per heavy atom. The van der Waals surface area contributed by atoms with Crippen LogP contribution in [0.15, 0.2) is 4.47 Å². The van der Waals surface area contributed by atoms with Crippen molar-refractivity contribution in [1.29, 1.82) is 0 Å². The molecule has 0 aliphatic rings. The van der Waals surface area contributed by atoms with Gasteiger partial charge in [0.2, 0.25) is 0 Å². The number of aryl methyl sites for hydroxylation is 2. The summed E-state index contributed by atoms with van der Waals surface area (Å²) in [6.07, 6.45) is 0. The van der Waals surface area contributed by atoms with Gasteiger partial charge in [-0.3, -0.25) is 0 Å². The minimum atomic E-state index is 1.28. The topological polar surface area (TPSA) is 0 Å². The number of rotatable bonds is 0. The molecule has 0 saturated heterocycles. The van der Waals surface area contributed by atoms with Crippen LogP contribution in [0.2, 0.25) is 0 Å². The largest absolute Gasteiger partial charge is 0.145 e. The molecule has 0 nitrogen and oxygen atoms in total. The summed E-state index contributed by atoms with van der Waals surface area (Å²) in [5, 5.41) is 0. The summed E-state index contributed by atoms with van der Waals surface area (Å²) >= 11 is 5.36. The van der Waals surface area contributed by atoms with Crippen molar-refractivity contribution in [1.82, 2.24) is 0 Å². The Labute approximate surface area is 68.0 Å². The van der Waals surface area contributed by atoms with Crippen LogP contribution in [0, 0.1) is 20.8 Å². The van der Waals surface area contributed by atoms with Crippen LogP contribution in [0.5, 0.6) is 0 Å². The van der Waals surface area contributed by atoms with E-state index in [1.165, 1.54) is 19.8 Å². The van der Waals surface area contributed by atoms with Crippen molar-refractivity contribution in [3.8, 4) is 0 Å².